The lowest BCUT2D eigenvalue weighted by Gasteiger charge is -2.02. The van der Waals surface area contributed by atoms with Gasteiger partial charge in [0.2, 0.25) is 0 Å². The van der Waals surface area contributed by atoms with Crippen molar-refractivity contribution in [3.63, 3.8) is 0 Å². The standard InChI is InChI=1S/C15H11BrClNO2/c16-13-7-6-12(15(17)10-13)9-14(18(19)20)8-11-4-2-1-3-5-11/h1-7,9-10H,8H2/b14-9+. The van der Waals surface area contributed by atoms with Crippen LogP contribution in [-0.2, 0) is 6.42 Å². The highest BCUT2D eigenvalue weighted by molar-refractivity contribution is 9.10. The van der Waals surface area contributed by atoms with Crippen molar-refractivity contribution in [2.45, 2.75) is 6.42 Å². The molecule has 0 heterocycles. The van der Waals surface area contributed by atoms with Crippen LogP contribution in [0.1, 0.15) is 11.1 Å². The van der Waals surface area contributed by atoms with E-state index in [0.717, 1.165) is 10.0 Å². The van der Waals surface area contributed by atoms with E-state index in [1.165, 1.54) is 6.08 Å². The van der Waals surface area contributed by atoms with Gasteiger partial charge < -0.3 is 0 Å². The summed E-state index contributed by atoms with van der Waals surface area (Å²) in [6.45, 7) is 0. The van der Waals surface area contributed by atoms with Gasteiger partial charge in [0.15, 0.2) is 0 Å². The van der Waals surface area contributed by atoms with Gasteiger partial charge in [-0.25, -0.2) is 0 Å². The topological polar surface area (TPSA) is 43.1 Å². The molecule has 0 spiro atoms. The number of rotatable bonds is 4. The number of halogens is 2. The molecule has 0 atom stereocenters. The highest BCUT2D eigenvalue weighted by atomic mass is 79.9. The molecule has 3 nitrogen and oxygen atoms in total. The van der Waals surface area contributed by atoms with Crippen LogP contribution in [-0.4, -0.2) is 4.92 Å². The Bertz CT molecular complexity index is 656. The molecule has 0 N–H and O–H groups in total. The minimum Gasteiger partial charge on any atom is -0.259 e. The zero-order valence-electron chi connectivity index (χ0n) is 10.4. The van der Waals surface area contributed by atoms with E-state index in [1.807, 2.05) is 30.3 Å². The van der Waals surface area contributed by atoms with Gasteiger partial charge in [0, 0.05) is 15.6 Å². The summed E-state index contributed by atoms with van der Waals surface area (Å²) in [5.74, 6) is 0. The predicted octanol–water partition coefficient (Wildman–Crippen LogP) is 4.96. The third kappa shape index (κ3) is 3.92. The second-order valence-electron chi connectivity index (χ2n) is 4.22. The Balaban J connectivity index is 2.33. The normalized spacial score (nSPS) is 11.4. The van der Waals surface area contributed by atoms with Crippen LogP contribution >= 0.6 is 27.5 Å². The maximum atomic E-state index is 11.2. The molecule has 0 aliphatic carbocycles. The van der Waals surface area contributed by atoms with E-state index in [4.69, 9.17) is 11.6 Å². The molecule has 0 unspecified atom stereocenters. The summed E-state index contributed by atoms with van der Waals surface area (Å²) >= 11 is 9.39. The van der Waals surface area contributed by atoms with E-state index < -0.39 is 0 Å². The molecular weight excluding hydrogens is 342 g/mol. The quantitative estimate of drug-likeness (QED) is 0.576. The number of nitrogens with zero attached hydrogens (tertiary/aromatic N) is 1. The minimum absolute atomic E-state index is 0.112. The Morgan fingerprint density at radius 3 is 2.55 bits per heavy atom. The fraction of sp³-hybridized carbons (Fsp3) is 0.0667. The van der Waals surface area contributed by atoms with Crippen molar-refractivity contribution in [2.75, 3.05) is 0 Å². The maximum Gasteiger partial charge on any atom is 0.251 e. The van der Waals surface area contributed by atoms with Crippen molar-refractivity contribution in [3.8, 4) is 0 Å². The first-order valence-corrected chi connectivity index (χ1v) is 7.07. The number of nitro groups is 1. The van der Waals surface area contributed by atoms with Crippen LogP contribution in [0.2, 0.25) is 5.02 Å². The Hall–Kier alpha value is -1.65. The van der Waals surface area contributed by atoms with E-state index in [-0.39, 0.29) is 17.0 Å². The SMILES string of the molecule is O=[N+]([O-])/C(=C/c1ccc(Br)cc1Cl)Cc1ccccc1. The molecule has 0 aliphatic heterocycles. The average Bonchev–Trinajstić information content (AvgIpc) is 2.42. The molecule has 0 amide bonds. The second kappa shape index (κ2) is 6.68. The van der Waals surface area contributed by atoms with Crippen molar-refractivity contribution >= 4 is 33.6 Å². The van der Waals surface area contributed by atoms with E-state index in [9.17, 15) is 10.1 Å². The lowest BCUT2D eigenvalue weighted by Crippen LogP contribution is -2.02. The molecule has 2 aromatic rings. The van der Waals surface area contributed by atoms with Crippen LogP contribution in [0.25, 0.3) is 6.08 Å². The van der Waals surface area contributed by atoms with Gasteiger partial charge in [0.05, 0.1) is 11.3 Å². The number of benzene rings is 2. The molecule has 0 bridgehead atoms. The van der Waals surface area contributed by atoms with E-state index in [1.54, 1.807) is 18.2 Å². The van der Waals surface area contributed by atoms with Gasteiger partial charge >= 0.3 is 0 Å². The second-order valence-corrected chi connectivity index (χ2v) is 5.54. The molecule has 0 aliphatic rings. The predicted molar refractivity (Wildman–Crippen MR) is 84.3 cm³/mol. The van der Waals surface area contributed by atoms with Crippen molar-refractivity contribution in [1.29, 1.82) is 0 Å². The summed E-state index contributed by atoms with van der Waals surface area (Å²) in [5, 5.41) is 11.6. The van der Waals surface area contributed by atoms with Crippen molar-refractivity contribution in [3.05, 3.63) is 85.0 Å². The Labute approximate surface area is 130 Å². The van der Waals surface area contributed by atoms with Crippen LogP contribution in [0.3, 0.4) is 0 Å². The fourth-order valence-electron chi connectivity index (χ4n) is 1.77. The monoisotopic (exact) mass is 351 g/mol. The van der Waals surface area contributed by atoms with Gasteiger partial charge in [-0.2, -0.15) is 0 Å². The van der Waals surface area contributed by atoms with Crippen LogP contribution in [0.4, 0.5) is 0 Å². The Morgan fingerprint density at radius 1 is 1.25 bits per heavy atom. The fourth-order valence-corrected chi connectivity index (χ4v) is 2.50. The molecule has 0 aromatic heterocycles. The van der Waals surface area contributed by atoms with E-state index >= 15 is 0 Å². The molecule has 2 aromatic carbocycles. The molecule has 0 fully saturated rings. The first-order valence-electron chi connectivity index (χ1n) is 5.90. The average molecular weight is 353 g/mol. The van der Waals surface area contributed by atoms with E-state index in [0.29, 0.717) is 10.6 Å². The van der Waals surface area contributed by atoms with Crippen molar-refractivity contribution in [1.82, 2.24) is 0 Å². The molecule has 5 heteroatoms. The van der Waals surface area contributed by atoms with Gasteiger partial charge in [-0.05, 0) is 23.3 Å². The lowest BCUT2D eigenvalue weighted by molar-refractivity contribution is -0.425. The van der Waals surface area contributed by atoms with Gasteiger partial charge in [-0.1, -0.05) is 63.9 Å². The molecule has 20 heavy (non-hydrogen) atoms. The number of allylic oxidation sites excluding steroid dienone is 1. The first-order chi connectivity index (χ1) is 9.56. The third-order valence-electron chi connectivity index (χ3n) is 2.75. The molecular formula is C15H11BrClNO2. The largest absolute Gasteiger partial charge is 0.259 e. The smallest absolute Gasteiger partial charge is 0.251 e. The Kier molecular flexibility index (Phi) is 4.93. The molecule has 2 rings (SSSR count). The van der Waals surface area contributed by atoms with Gasteiger partial charge in [0.25, 0.3) is 5.70 Å². The van der Waals surface area contributed by atoms with Crippen LogP contribution in [0, 0.1) is 10.1 Å². The zero-order chi connectivity index (χ0) is 14.5. The first kappa shape index (κ1) is 14.8. The van der Waals surface area contributed by atoms with Crippen molar-refractivity contribution in [2.24, 2.45) is 0 Å². The van der Waals surface area contributed by atoms with Crippen LogP contribution in [0.15, 0.2) is 58.7 Å². The number of hydrogen-bond donors (Lipinski definition) is 0. The molecule has 102 valence electrons. The van der Waals surface area contributed by atoms with Gasteiger partial charge in [-0.3, -0.25) is 10.1 Å². The minimum atomic E-state index is -0.370. The summed E-state index contributed by atoms with van der Waals surface area (Å²) in [4.78, 5) is 10.8. The summed E-state index contributed by atoms with van der Waals surface area (Å²) < 4.78 is 0.838. The van der Waals surface area contributed by atoms with Crippen LogP contribution < -0.4 is 0 Å². The summed E-state index contributed by atoms with van der Waals surface area (Å²) in [7, 11) is 0. The highest BCUT2D eigenvalue weighted by Gasteiger charge is 2.13. The van der Waals surface area contributed by atoms with Gasteiger partial charge in [0.1, 0.15) is 0 Å². The molecule has 0 saturated heterocycles. The Morgan fingerprint density at radius 2 is 1.95 bits per heavy atom. The molecule has 0 saturated carbocycles. The summed E-state index contributed by atoms with van der Waals surface area (Å²) in [5.41, 5.74) is 1.64. The summed E-state index contributed by atoms with van der Waals surface area (Å²) in [6, 6.07) is 14.6. The number of hydrogen-bond acceptors (Lipinski definition) is 2. The highest BCUT2D eigenvalue weighted by Crippen LogP contribution is 2.24. The van der Waals surface area contributed by atoms with E-state index in [2.05, 4.69) is 15.9 Å². The summed E-state index contributed by atoms with van der Waals surface area (Å²) in [6.07, 6.45) is 1.78. The van der Waals surface area contributed by atoms with Gasteiger partial charge in [-0.15, -0.1) is 0 Å². The lowest BCUT2D eigenvalue weighted by atomic mass is 10.1. The maximum absolute atomic E-state index is 11.2. The zero-order valence-corrected chi connectivity index (χ0v) is 12.8. The van der Waals surface area contributed by atoms with Crippen molar-refractivity contribution < 1.29 is 4.92 Å². The molecule has 0 radical (unpaired) electrons. The van der Waals surface area contributed by atoms with Crippen LogP contribution in [0.5, 0.6) is 0 Å². The third-order valence-corrected chi connectivity index (χ3v) is 3.57.